The van der Waals surface area contributed by atoms with Gasteiger partial charge in [0.1, 0.15) is 0 Å². The van der Waals surface area contributed by atoms with Crippen LogP contribution in [-0.2, 0) is 17.9 Å². The molecule has 1 fully saturated rings. The number of carbonyl (C=O) groups is 1. The highest BCUT2D eigenvalue weighted by atomic mass is 35.5. The SMILES string of the molecule is O=C(CCn1ccccc1=O)N[C@@H]1CC(Cn2cc(Cl)cn2)C[C@H]1O. The topological polar surface area (TPSA) is 89.2 Å². The van der Waals surface area contributed by atoms with Gasteiger partial charge in [-0.3, -0.25) is 14.3 Å². The zero-order valence-corrected chi connectivity index (χ0v) is 14.5. The van der Waals surface area contributed by atoms with E-state index in [0.29, 0.717) is 31.0 Å². The van der Waals surface area contributed by atoms with Crippen molar-refractivity contribution in [3.63, 3.8) is 0 Å². The van der Waals surface area contributed by atoms with Gasteiger partial charge in [0.05, 0.1) is 23.4 Å². The van der Waals surface area contributed by atoms with E-state index >= 15 is 0 Å². The Morgan fingerprint density at radius 1 is 1.40 bits per heavy atom. The molecule has 0 aliphatic heterocycles. The lowest BCUT2D eigenvalue weighted by atomic mass is 10.1. The van der Waals surface area contributed by atoms with Crippen molar-refractivity contribution in [3.05, 3.63) is 52.2 Å². The third-order valence-corrected chi connectivity index (χ3v) is 4.69. The fourth-order valence-electron chi connectivity index (χ4n) is 3.27. The van der Waals surface area contributed by atoms with E-state index in [-0.39, 0.29) is 29.8 Å². The van der Waals surface area contributed by atoms with Crippen molar-refractivity contribution in [1.82, 2.24) is 19.7 Å². The number of aliphatic hydroxyl groups excluding tert-OH is 1. The van der Waals surface area contributed by atoms with Crippen LogP contribution in [-0.4, -0.2) is 37.5 Å². The fraction of sp³-hybridized carbons (Fsp3) is 0.471. The Morgan fingerprint density at radius 2 is 2.24 bits per heavy atom. The fourth-order valence-corrected chi connectivity index (χ4v) is 3.43. The van der Waals surface area contributed by atoms with Gasteiger partial charge in [0.15, 0.2) is 0 Å². The summed E-state index contributed by atoms with van der Waals surface area (Å²) in [5.74, 6) is 0.0654. The highest BCUT2D eigenvalue weighted by Crippen LogP contribution is 2.27. The van der Waals surface area contributed by atoms with Crippen LogP contribution < -0.4 is 10.9 Å². The van der Waals surface area contributed by atoms with E-state index in [9.17, 15) is 14.7 Å². The lowest BCUT2D eigenvalue weighted by Crippen LogP contribution is -2.40. The first-order valence-electron chi connectivity index (χ1n) is 8.32. The molecular weight excluding hydrogens is 344 g/mol. The Bertz CT molecular complexity index is 788. The molecule has 25 heavy (non-hydrogen) atoms. The number of amides is 1. The smallest absolute Gasteiger partial charge is 0.250 e. The summed E-state index contributed by atoms with van der Waals surface area (Å²) in [6.45, 7) is 0.985. The number of hydrogen-bond donors (Lipinski definition) is 2. The molecule has 3 rings (SSSR count). The second kappa shape index (κ2) is 7.84. The molecule has 3 atom stereocenters. The molecular formula is C17H21ClN4O3. The van der Waals surface area contributed by atoms with Crippen LogP contribution in [0.1, 0.15) is 19.3 Å². The molecule has 2 heterocycles. The number of carbonyl (C=O) groups excluding carboxylic acids is 1. The third-order valence-electron chi connectivity index (χ3n) is 4.50. The molecule has 2 aromatic rings. The van der Waals surface area contributed by atoms with Crippen LogP contribution in [0.25, 0.3) is 0 Å². The van der Waals surface area contributed by atoms with Gasteiger partial charge in [-0.25, -0.2) is 0 Å². The number of pyridine rings is 1. The second-order valence-corrected chi connectivity index (χ2v) is 6.88. The maximum absolute atomic E-state index is 12.1. The molecule has 1 aliphatic carbocycles. The van der Waals surface area contributed by atoms with Crippen LogP contribution >= 0.6 is 11.6 Å². The number of aromatic nitrogens is 3. The Balaban J connectivity index is 1.48. The maximum Gasteiger partial charge on any atom is 0.250 e. The molecule has 0 bridgehead atoms. The van der Waals surface area contributed by atoms with Crippen molar-refractivity contribution >= 4 is 17.5 Å². The van der Waals surface area contributed by atoms with Crippen molar-refractivity contribution in [2.45, 2.75) is 44.5 Å². The summed E-state index contributed by atoms with van der Waals surface area (Å²) in [7, 11) is 0. The van der Waals surface area contributed by atoms with Crippen LogP contribution in [0.5, 0.6) is 0 Å². The van der Waals surface area contributed by atoms with Gasteiger partial charge in [0, 0.05) is 38.0 Å². The van der Waals surface area contributed by atoms with E-state index in [1.54, 1.807) is 35.4 Å². The normalized spacial score (nSPS) is 22.9. The highest BCUT2D eigenvalue weighted by Gasteiger charge is 2.34. The van der Waals surface area contributed by atoms with Crippen molar-refractivity contribution in [2.24, 2.45) is 5.92 Å². The first-order valence-corrected chi connectivity index (χ1v) is 8.70. The molecule has 134 valence electrons. The Kier molecular flexibility index (Phi) is 5.55. The number of halogens is 1. The Labute approximate surface area is 150 Å². The number of hydrogen-bond acceptors (Lipinski definition) is 4. The predicted octanol–water partition coefficient (Wildman–Crippen LogP) is 1.04. The van der Waals surface area contributed by atoms with Gasteiger partial charge >= 0.3 is 0 Å². The first-order chi connectivity index (χ1) is 12.0. The van der Waals surface area contributed by atoms with Crippen LogP contribution in [0, 0.1) is 5.92 Å². The summed E-state index contributed by atoms with van der Waals surface area (Å²) in [4.78, 5) is 23.7. The molecule has 0 spiro atoms. The minimum absolute atomic E-state index is 0.130. The van der Waals surface area contributed by atoms with E-state index in [0.717, 1.165) is 0 Å². The van der Waals surface area contributed by atoms with Crippen LogP contribution in [0.15, 0.2) is 41.6 Å². The summed E-state index contributed by atoms with van der Waals surface area (Å²) in [6, 6.07) is 4.62. The van der Waals surface area contributed by atoms with E-state index in [4.69, 9.17) is 11.6 Å². The van der Waals surface area contributed by atoms with Gasteiger partial charge in [-0.05, 0) is 24.8 Å². The minimum atomic E-state index is -0.570. The van der Waals surface area contributed by atoms with Crippen molar-refractivity contribution in [2.75, 3.05) is 0 Å². The Morgan fingerprint density at radius 3 is 2.96 bits per heavy atom. The predicted molar refractivity (Wildman–Crippen MR) is 93.2 cm³/mol. The second-order valence-electron chi connectivity index (χ2n) is 6.44. The number of nitrogens with zero attached hydrogens (tertiary/aromatic N) is 3. The summed E-state index contributed by atoms with van der Waals surface area (Å²) < 4.78 is 3.25. The molecule has 1 unspecified atom stereocenters. The van der Waals surface area contributed by atoms with Crippen LogP contribution in [0.2, 0.25) is 5.02 Å². The number of aliphatic hydroxyl groups is 1. The maximum atomic E-state index is 12.1. The van der Waals surface area contributed by atoms with E-state index < -0.39 is 6.10 Å². The molecule has 2 aromatic heterocycles. The minimum Gasteiger partial charge on any atom is -0.391 e. The van der Waals surface area contributed by atoms with Gasteiger partial charge < -0.3 is 15.0 Å². The van der Waals surface area contributed by atoms with Crippen molar-refractivity contribution in [3.8, 4) is 0 Å². The number of nitrogens with one attached hydrogen (secondary N) is 1. The molecule has 0 aromatic carbocycles. The van der Waals surface area contributed by atoms with Gasteiger partial charge in [-0.2, -0.15) is 5.10 Å². The van der Waals surface area contributed by atoms with E-state index in [2.05, 4.69) is 10.4 Å². The lowest BCUT2D eigenvalue weighted by molar-refractivity contribution is -0.122. The van der Waals surface area contributed by atoms with Gasteiger partial charge in [-0.15, -0.1) is 0 Å². The summed E-state index contributed by atoms with van der Waals surface area (Å²) in [5.41, 5.74) is -0.130. The van der Waals surface area contributed by atoms with Crippen LogP contribution in [0.3, 0.4) is 0 Å². The molecule has 2 N–H and O–H groups in total. The van der Waals surface area contributed by atoms with Gasteiger partial charge in [0.25, 0.3) is 5.56 Å². The third kappa shape index (κ3) is 4.70. The summed E-state index contributed by atoms with van der Waals surface area (Å²) in [6.07, 6.45) is 5.92. The molecule has 8 heteroatoms. The summed E-state index contributed by atoms with van der Waals surface area (Å²) >= 11 is 5.85. The van der Waals surface area contributed by atoms with E-state index in [1.807, 2.05) is 0 Å². The zero-order valence-electron chi connectivity index (χ0n) is 13.7. The molecule has 1 saturated carbocycles. The molecule has 1 amide bonds. The number of aryl methyl sites for hydroxylation is 1. The Hall–Kier alpha value is -2.12. The largest absolute Gasteiger partial charge is 0.391 e. The van der Waals surface area contributed by atoms with Crippen molar-refractivity contribution in [1.29, 1.82) is 0 Å². The van der Waals surface area contributed by atoms with E-state index in [1.165, 1.54) is 10.6 Å². The first kappa shape index (κ1) is 17.7. The molecule has 7 nitrogen and oxygen atoms in total. The van der Waals surface area contributed by atoms with Gasteiger partial charge in [-0.1, -0.05) is 17.7 Å². The zero-order chi connectivity index (χ0) is 17.8. The summed E-state index contributed by atoms with van der Waals surface area (Å²) in [5, 5.41) is 17.8. The molecule has 0 radical (unpaired) electrons. The highest BCUT2D eigenvalue weighted by molar-refractivity contribution is 6.30. The lowest BCUT2D eigenvalue weighted by Gasteiger charge is -2.16. The molecule has 1 aliphatic rings. The molecule has 0 saturated heterocycles. The monoisotopic (exact) mass is 364 g/mol. The average molecular weight is 365 g/mol. The number of rotatable bonds is 6. The average Bonchev–Trinajstić information content (AvgIpc) is 3.12. The standard InChI is InChI=1S/C17H21ClN4O3/c18-13-9-19-22(11-13)10-12-7-14(15(23)8-12)20-16(24)4-6-21-5-2-1-3-17(21)25/h1-3,5,9,11-12,14-15,23H,4,6-8,10H2,(H,20,24)/t12?,14-,15-/m1/s1. The quantitative estimate of drug-likeness (QED) is 0.801. The van der Waals surface area contributed by atoms with Gasteiger partial charge in [0.2, 0.25) is 5.91 Å². The van der Waals surface area contributed by atoms with Crippen molar-refractivity contribution < 1.29 is 9.90 Å². The van der Waals surface area contributed by atoms with Crippen LogP contribution in [0.4, 0.5) is 0 Å².